The zero-order valence-corrected chi connectivity index (χ0v) is 10.7. The quantitative estimate of drug-likeness (QED) is 0.840. The highest BCUT2D eigenvalue weighted by Crippen LogP contribution is 2.38. The number of rotatable bonds is 5. The molecule has 2 heterocycles. The Morgan fingerprint density at radius 1 is 1.42 bits per heavy atom. The van der Waals surface area contributed by atoms with Gasteiger partial charge in [0.25, 0.3) is 0 Å². The van der Waals surface area contributed by atoms with Gasteiger partial charge < -0.3 is 15.2 Å². The zero-order chi connectivity index (χ0) is 13.2. The summed E-state index contributed by atoms with van der Waals surface area (Å²) < 4.78 is 5.77. The number of carboxylic acid groups (broad SMARTS) is 1. The Labute approximate surface area is 112 Å². The maximum Gasteiger partial charge on any atom is 0.337 e. The fourth-order valence-electron chi connectivity index (χ4n) is 2.61. The zero-order valence-electron chi connectivity index (χ0n) is 10.7. The lowest BCUT2D eigenvalue weighted by Crippen LogP contribution is -2.37. The first kappa shape index (κ1) is 12.6. The average Bonchev–Trinajstić information content (AvgIpc) is 3.16. The van der Waals surface area contributed by atoms with E-state index in [1.807, 2.05) is 0 Å². The van der Waals surface area contributed by atoms with Crippen LogP contribution in [0.1, 0.15) is 35.3 Å². The summed E-state index contributed by atoms with van der Waals surface area (Å²) in [4.78, 5) is 14.9. The Kier molecular flexibility index (Phi) is 3.48. The molecule has 2 atom stereocenters. The third-order valence-corrected chi connectivity index (χ3v) is 3.84. The second-order valence-corrected chi connectivity index (χ2v) is 5.29. The van der Waals surface area contributed by atoms with Crippen LogP contribution in [0, 0.1) is 5.92 Å². The minimum Gasteiger partial charge on any atom is -0.478 e. The molecule has 2 N–H and O–H groups in total. The largest absolute Gasteiger partial charge is 0.478 e. The molecule has 1 aliphatic heterocycles. The maximum atomic E-state index is 10.7. The van der Waals surface area contributed by atoms with Crippen LogP contribution in [0.3, 0.4) is 0 Å². The molecular weight excluding hydrogens is 244 g/mol. The number of nitrogens with zero attached hydrogens (tertiary/aromatic N) is 1. The summed E-state index contributed by atoms with van der Waals surface area (Å²) in [6, 6.07) is 3.77. The standard InChI is InChI=1S/C14H18N2O3/c17-14(18)10-3-4-11(15-7-10)8-16-12-5-6-19-13(12)9-1-2-9/h3-4,7,9,12-13,16H,1-2,5-6,8H2,(H,17,18). The van der Waals surface area contributed by atoms with Gasteiger partial charge in [-0.3, -0.25) is 4.98 Å². The molecule has 2 unspecified atom stereocenters. The molecule has 19 heavy (non-hydrogen) atoms. The molecule has 0 radical (unpaired) electrons. The molecule has 3 rings (SSSR count). The molecule has 5 heteroatoms. The summed E-state index contributed by atoms with van der Waals surface area (Å²) in [6.07, 6.45) is 5.39. The van der Waals surface area contributed by atoms with Crippen LogP contribution < -0.4 is 5.32 Å². The molecule has 102 valence electrons. The second kappa shape index (κ2) is 5.27. The van der Waals surface area contributed by atoms with Crippen LogP contribution in [0.5, 0.6) is 0 Å². The van der Waals surface area contributed by atoms with Crippen LogP contribution in [-0.2, 0) is 11.3 Å². The van der Waals surface area contributed by atoms with Gasteiger partial charge >= 0.3 is 5.97 Å². The van der Waals surface area contributed by atoms with Gasteiger partial charge in [-0.15, -0.1) is 0 Å². The van der Waals surface area contributed by atoms with Crippen LogP contribution in [0.4, 0.5) is 0 Å². The van der Waals surface area contributed by atoms with E-state index in [1.165, 1.54) is 19.0 Å². The molecule has 1 saturated carbocycles. The van der Waals surface area contributed by atoms with Gasteiger partial charge in [0.15, 0.2) is 0 Å². The Morgan fingerprint density at radius 3 is 2.89 bits per heavy atom. The van der Waals surface area contributed by atoms with Crippen LogP contribution in [0.15, 0.2) is 18.3 Å². The Balaban J connectivity index is 1.55. The first-order valence-corrected chi connectivity index (χ1v) is 6.77. The molecule has 1 aromatic rings. The van der Waals surface area contributed by atoms with Gasteiger partial charge in [0.1, 0.15) is 0 Å². The van der Waals surface area contributed by atoms with E-state index in [4.69, 9.17) is 9.84 Å². The molecule has 0 spiro atoms. The van der Waals surface area contributed by atoms with Gasteiger partial charge in [-0.2, -0.15) is 0 Å². The third-order valence-electron chi connectivity index (χ3n) is 3.84. The SMILES string of the molecule is O=C(O)c1ccc(CNC2CCOC2C2CC2)nc1. The lowest BCUT2D eigenvalue weighted by Gasteiger charge is -2.19. The smallest absolute Gasteiger partial charge is 0.337 e. The summed E-state index contributed by atoms with van der Waals surface area (Å²) in [5.74, 6) is -0.202. The van der Waals surface area contributed by atoms with Crippen molar-refractivity contribution in [1.29, 1.82) is 0 Å². The summed E-state index contributed by atoms with van der Waals surface area (Å²) in [5, 5.41) is 12.3. The van der Waals surface area contributed by atoms with Gasteiger partial charge in [0.05, 0.1) is 17.4 Å². The van der Waals surface area contributed by atoms with E-state index < -0.39 is 5.97 Å². The van der Waals surface area contributed by atoms with Crippen molar-refractivity contribution >= 4 is 5.97 Å². The van der Waals surface area contributed by atoms with Crippen molar-refractivity contribution in [3.63, 3.8) is 0 Å². The number of pyridine rings is 1. The summed E-state index contributed by atoms with van der Waals surface area (Å²) >= 11 is 0. The van der Waals surface area contributed by atoms with Crippen molar-refractivity contribution in [2.45, 2.75) is 38.0 Å². The number of carboxylic acids is 1. The molecule has 1 saturated heterocycles. The van der Waals surface area contributed by atoms with E-state index in [0.29, 0.717) is 18.7 Å². The van der Waals surface area contributed by atoms with Crippen LogP contribution in [0.2, 0.25) is 0 Å². The van der Waals surface area contributed by atoms with E-state index in [2.05, 4.69) is 10.3 Å². The van der Waals surface area contributed by atoms with E-state index >= 15 is 0 Å². The normalized spacial score (nSPS) is 26.5. The molecular formula is C14H18N2O3. The van der Waals surface area contributed by atoms with Crippen molar-refractivity contribution in [2.24, 2.45) is 5.92 Å². The van der Waals surface area contributed by atoms with E-state index in [-0.39, 0.29) is 5.56 Å². The van der Waals surface area contributed by atoms with E-state index in [9.17, 15) is 4.79 Å². The number of aromatic nitrogens is 1. The molecule has 2 aliphatic rings. The Morgan fingerprint density at radius 2 is 2.26 bits per heavy atom. The van der Waals surface area contributed by atoms with E-state index in [1.54, 1.807) is 12.1 Å². The van der Waals surface area contributed by atoms with Crippen molar-refractivity contribution in [2.75, 3.05) is 6.61 Å². The topological polar surface area (TPSA) is 71.5 Å². The molecule has 0 amide bonds. The maximum absolute atomic E-state index is 10.7. The lowest BCUT2D eigenvalue weighted by atomic mass is 10.1. The number of hydrogen-bond acceptors (Lipinski definition) is 4. The molecule has 5 nitrogen and oxygen atoms in total. The average molecular weight is 262 g/mol. The monoisotopic (exact) mass is 262 g/mol. The Hall–Kier alpha value is -1.46. The van der Waals surface area contributed by atoms with Crippen molar-refractivity contribution < 1.29 is 14.6 Å². The lowest BCUT2D eigenvalue weighted by molar-refractivity contribution is 0.0696. The van der Waals surface area contributed by atoms with Gasteiger partial charge in [-0.1, -0.05) is 0 Å². The molecule has 1 aromatic heterocycles. The predicted octanol–water partition coefficient (Wildman–Crippen LogP) is 1.44. The van der Waals surface area contributed by atoms with Gasteiger partial charge in [0.2, 0.25) is 0 Å². The molecule has 0 aromatic carbocycles. The minimum atomic E-state index is -0.940. The highest BCUT2D eigenvalue weighted by atomic mass is 16.5. The van der Waals surface area contributed by atoms with Gasteiger partial charge in [0, 0.05) is 25.4 Å². The number of nitrogens with one attached hydrogen (secondary N) is 1. The first-order valence-electron chi connectivity index (χ1n) is 6.77. The summed E-state index contributed by atoms with van der Waals surface area (Å²) in [5.41, 5.74) is 1.09. The Bertz CT molecular complexity index is 456. The number of aromatic carboxylic acids is 1. The van der Waals surface area contributed by atoms with Crippen LogP contribution in [0.25, 0.3) is 0 Å². The van der Waals surface area contributed by atoms with Gasteiger partial charge in [-0.25, -0.2) is 4.79 Å². The van der Waals surface area contributed by atoms with Crippen LogP contribution >= 0.6 is 0 Å². The summed E-state index contributed by atoms with van der Waals surface area (Å²) in [7, 11) is 0. The highest BCUT2D eigenvalue weighted by molar-refractivity contribution is 5.87. The second-order valence-electron chi connectivity index (χ2n) is 5.29. The summed E-state index contributed by atoms with van der Waals surface area (Å²) in [6.45, 7) is 1.50. The first-order chi connectivity index (χ1) is 9.24. The predicted molar refractivity (Wildman–Crippen MR) is 68.9 cm³/mol. The van der Waals surface area contributed by atoms with Gasteiger partial charge in [-0.05, 0) is 37.3 Å². The molecule has 0 bridgehead atoms. The number of ether oxygens (including phenoxy) is 1. The fourth-order valence-corrected chi connectivity index (χ4v) is 2.61. The fraction of sp³-hybridized carbons (Fsp3) is 0.571. The van der Waals surface area contributed by atoms with Crippen molar-refractivity contribution in [1.82, 2.24) is 10.3 Å². The van der Waals surface area contributed by atoms with Crippen molar-refractivity contribution in [3.05, 3.63) is 29.6 Å². The molecule has 1 aliphatic carbocycles. The highest BCUT2D eigenvalue weighted by Gasteiger charge is 2.40. The number of hydrogen-bond donors (Lipinski definition) is 2. The van der Waals surface area contributed by atoms with Crippen LogP contribution in [-0.4, -0.2) is 34.8 Å². The molecule has 2 fully saturated rings. The number of carbonyl (C=O) groups is 1. The van der Waals surface area contributed by atoms with Crippen molar-refractivity contribution in [3.8, 4) is 0 Å². The van der Waals surface area contributed by atoms with E-state index in [0.717, 1.165) is 24.6 Å². The third kappa shape index (κ3) is 2.93. The minimum absolute atomic E-state index is 0.226.